The Labute approximate surface area is 114 Å². The van der Waals surface area contributed by atoms with Gasteiger partial charge in [-0.1, -0.05) is 0 Å². The minimum atomic E-state index is -0.618. The van der Waals surface area contributed by atoms with Crippen molar-refractivity contribution in [3.8, 4) is 5.75 Å². The molecule has 2 rings (SSSR count). The molecule has 2 N–H and O–H groups in total. The first-order chi connectivity index (χ1) is 9.52. The molecule has 0 aliphatic carbocycles. The number of nitro benzene ring substituents is 1. The van der Waals surface area contributed by atoms with Crippen LogP contribution < -0.4 is 5.32 Å². The van der Waals surface area contributed by atoms with Gasteiger partial charge in [0.25, 0.3) is 11.6 Å². The number of nitro groups is 1. The van der Waals surface area contributed by atoms with E-state index in [1.54, 1.807) is 22.9 Å². The van der Waals surface area contributed by atoms with Gasteiger partial charge in [0.1, 0.15) is 11.4 Å². The van der Waals surface area contributed by atoms with Crippen LogP contribution in [-0.2, 0) is 6.54 Å². The predicted octanol–water partition coefficient (Wildman–Crippen LogP) is 2.37. The number of rotatable bonds is 4. The summed E-state index contributed by atoms with van der Waals surface area (Å²) in [6, 6.07) is 6.91. The summed E-state index contributed by atoms with van der Waals surface area (Å²) in [6.45, 7) is 2.54. The molecule has 1 aromatic carbocycles. The first kappa shape index (κ1) is 13.6. The highest BCUT2D eigenvalue weighted by Gasteiger charge is 2.14. The number of phenols is 1. The van der Waals surface area contributed by atoms with Crippen LogP contribution in [0.2, 0.25) is 0 Å². The lowest BCUT2D eigenvalue weighted by Gasteiger charge is -2.09. The van der Waals surface area contributed by atoms with Gasteiger partial charge in [0.05, 0.1) is 16.7 Å². The molecule has 0 unspecified atom stereocenters. The van der Waals surface area contributed by atoms with E-state index in [1.807, 2.05) is 6.92 Å². The fourth-order valence-corrected chi connectivity index (χ4v) is 1.82. The maximum atomic E-state index is 12.0. The molecule has 0 aliphatic heterocycles. The molecule has 20 heavy (non-hydrogen) atoms. The molecule has 0 saturated carbocycles. The lowest BCUT2D eigenvalue weighted by molar-refractivity contribution is -0.384. The normalized spacial score (nSPS) is 10.2. The Morgan fingerprint density at radius 1 is 1.45 bits per heavy atom. The van der Waals surface area contributed by atoms with E-state index in [-0.39, 0.29) is 23.0 Å². The van der Waals surface area contributed by atoms with E-state index in [2.05, 4.69) is 5.32 Å². The third kappa shape index (κ3) is 2.61. The van der Waals surface area contributed by atoms with Crippen molar-refractivity contribution in [2.24, 2.45) is 0 Å². The van der Waals surface area contributed by atoms with Crippen molar-refractivity contribution < 1.29 is 14.8 Å². The van der Waals surface area contributed by atoms with Gasteiger partial charge < -0.3 is 15.0 Å². The van der Waals surface area contributed by atoms with E-state index in [0.717, 1.165) is 6.07 Å². The number of hydrogen-bond donors (Lipinski definition) is 2. The Kier molecular flexibility index (Phi) is 3.69. The zero-order valence-electron chi connectivity index (χ0n) is 10.7. The Bertz CT molecular complexity index is 663. The minimum absolute atomic E-state index is 0.129. The predicted molar refractivity (Wildman–Crippen MR) is 72.8 cm³/mol. The second-order valence-electron chi connectivity index (χ2n) is 4.09. The Morgan fingerprint density at radius 2 is 2.20 bits per heavy atom. The molecule has 1 aromatic heterocycles. The first-order valence-corrected chi connectivity index (χ1v) is 5.97. The van der Waals surface area contributed by atoms with Crippen molar-refractivity contribution in [3.05, 3.63) is 52.3 Å². The first-order valence-electron chi connectivity index (χ1n) is 5.97. The van der Waals surface area contributed by atoms with Crippen molar-refractivity contribution in [1.29, 1.82) is 0 Å². The molecular formula is C13H13N3O4. The maximum absolute atomic E-state index is 12.0. The molecular weight excluding hydrogens is 262 g/mol. The number of anilines is 1. The second-order valence-corrected chi connectivity index (χ2v) is 4.09. The van der Waals surface area contributed by atoms with Crippen LogP contribution in [0.25, 0.3) is 0 Å². The van der Waals surface area contributed by atoms with E-state index in [0.29, 0.717) is 12.2 Å². The average molecular weight is 275 g/mol. The summed E-state index contributed by atoms with van der Waals surface area (Å²) in [5.41, 5.74) is 0.340. The van der Waals surface area contributed by atoms with Crippen LogP contribution in [0.5, 0.6) is 5.75 Å². The van der Waals surface area contributed by atoms with Crippen LogP contribution in [0.3, 0.4) is 0 Å². The molecule has 1 heterocycles. The number of aromatic nitrogens is 1. The van der Waals surface area contributed by atoms with E-state index < -0.39 is 4.92 Å². The monoisotopic (exact) mass is 275 g/mol. The Balaban J connectivity index is 2.22. The fourth-order valence-electron chi connectivity index (χ4n) is 1.82. The number of amides is 1. The standard InChI is InChI=1S/C13H13N3O4/c1-2-15-7-3-4-11(15)13(18)14-10-6-5-9(16(19)20)8-12(10)17/h3-8,17H,2H2,1H3,(H,14,18). The van der Waals surface area contributed by atoms with Crippen LogP contribution in [0, 0.1) is 10.1 Å². The van der Waals surface area contributed by atoms with Gasteiger partial charge in [-0.25, -0.2) is 0 Å². The minimum Gasteiger partial charge on any atom is -0.506 e. The highest BCUT2D eigenvalue weighted by Crippen LogP contribution is 2.28. The van der Waals surface area contributed by atoms with Gasteiger partial charge in [-0.15, -0.1) is 0 Å². The van der Waals surface area contributed by atoms with Crippen LogP contribution in [0.4, 0.5) is 11.4 Å². The molecule has 0 aliphatic rings. The van der Waals surface area contributed by atoms with E-state index in [9.17, 15) is 20.0 Å². The highest BCUT2D eigenvalue weighted by molar-refractivity contribution is 6.04. The topological polar surface area (TPSA) is 97.4 Å². The summed E-state index contributed by atoms with van der Waals surface area (Å²) in [5, 5.41) is 22.8. The molecule has 7 heteroatoms. The summed E-state index contributed by atoms with van der Waals surface area (Å²) in [4.78, 5) is 22.0. The summed E-state index contributed by atoms with van der Waals surface area (Å²) in [6.07, 6.45) is 1.77. The zero-order valence-corrected chi connectivity index (χ0v) is 10.7. The number of benzene rings is 1. The molecule has 0 saturated heterocycles. The number of nitrogens with one attached hydrogen (secondary N) is 1. The molecule has 1 amide bonds. The molecule has 2 aromatic rings. The van der Waals surface area contributed by atoms with Crippen molar-refractivity contribution in [1.82, 2.24) is 4.57 Å². The molecule has 0 spiro atoms. The van der Waals surface area contributed by atoms with Crippen LogP contribution in [0.1, 0.15) is 17.4 Å². The third-order valence-electron chi connectivity index (χ3n) is 2.84. The fraction of sp³-hybridized carbons (Fsp3) is 0.154. The smallest absolute Gasteiger partial charge is 0.273 e. The number of carbonyl (C=O) groups excluding carboxylic acids is 1. The van der Waals surface area contributed by atoms with Crippen molar-refractivity contribution >= 4 is 17.3 Å². The largest absolute Gasteiger partial charge is 0.506 e. The van der Waals surface area contributed by atoms with Gasteiger partial charge in [-0.05, 0) is 25.1 Å². The van der Waals surface area contributed by atoms with Crippen molar-refractivity contribution in [3.63, 3.8) is 0 Å². The lowest BCUT2D eigenvalue weighted by Crippen LogP contribution is -2.16. The molecule has 7 nitrogen and oxygen atoms in total. The summed E-state index contributed by atoms with van der Waals surface area (Å²) in [7, 11) is 0. The van der Waals surface area contributed by atoms with Gasteiger partial charge in [-0.2, -0.15) is 0 Å². The summed E-state index contributed by atoms with van der Waals surface area (Å²) in [5.74, 6) is -0.733. The molecule has 0 atom stereocenters. The van der Waals surface area contributed by atoms with Gasteiger partial charge in [-0.3, -0.25) is 14.9 Å². The van der Waals surface area contributed by atoms with Crippen LogP contribution in [-0.4, -0.2) is 20.5 Å². The Hall–Kier alpha value is -2.83. The number of nitrogens with zero attached hydrogens (tertiary/aromatic N) is 2. The van der Waals surface area contributed by atoms with Crippen molar-refractivity contribution in [2.45, 2.75) is 13.5 Å². The molecule has 0 fully saturated rings. The van der Waals surface area contributed by atoms with Crippen LogP contribution in [0.15, 0.2) is 36.5 Å². The number of hydrogen-bond acceptors (Lipinski definition) is 4. The summed E-state index contributed by atoms with van der Waals surface area (Å²) < 4.78 is 1.75. The van der Waals surface area contributed by atoms with E-state index in [4.69, 9.17) is 0 Å². The van der Waals surface area contributed by atoms with Gasteiger partial charge in [0, 0.05) is 18.8 Å². The molecule has 0 radical (unpaired) electrons. The molecule has 104 valence electrons. The quantitative estimate of drug-likeness (QED) is 0.508. The SMILES string of the molecule is CCn1cccc1C(=O)Nc1ccc([N+](=O)[O-])cc1O. The van der Waals surface area contributed by atoms with Crippen molar-refractivity contribution in [2.75, 3.05) is 5.32 Å². The van der Waals surface area contributed by atoms with Crippen LogP contribution >= 0.6 is 0 Å². The van der Waals surface area contributed by atoms with Gasteiger partial charge in [0.2, 0.25) is 0 Å². The highest BCUT2D eigenvalue weighted by atomic mass is 16.6. The van der Waals surface area contributed by atoms with Gasteiger partial charge in [0.15, 0.2) is 0 Å². The number of aromatic hydroxyl groups is 1. The van der Waals surface area contributed by atoms with E-state index >= 15 is 0 Å². The number of phenolic OH excluding ortho intramolecular Hbond substituents is 1. The second kappa shape index (κ2) is 5.43. The number of non-ortho nitro benzene ring substituents is 1. The summed E-state index contributed by atoms with van der Waals surface area (Å²) >= 11 is 0. The lowest BCUT2D eigenvalue weighted by atomic mass is 10.2. The zero-order chi connectivity index (χ0) is 14.7. The maximum Gasteiger partial charge on any atom is 0.273 e. The third-order valence-corrected chi connectivity index (χ3v) is 2.84. The number of carbonyl (C=O) groups is 1. The van der Waals surface area contributed by atoms with E-state index in [1.165, 1.54) is 12.1 Å². The van der Waals surface area contributed by atoms with Gasteiger partial charge >= 0.3 is 0 Å². The average Bonchev–Trinajstić information content (AvgIpc) is 2.89. The Morgan fingerprint density at radius 3 is 2.80 bits per heavy atom. The molecule has 0 bridgehead atoms. The number of aryl methyl sites for hydroxylation is 1.